The van der Waals surface area contributed by atoms with Gasteiger partial charge in [-0.15, -0.1) is 0 Å². The van der Waals surface area contributed by atoms with Crippen molar-refractivity contribution in [3.8, 4) is 0 Å². The SMILES string of the molecule is CSC1=NC(=O)C(Br)C(C)=N1. The summed E-state index contributed by atoms with van der Waals surface area (Å²) in [6.45, 7) is 1.81. The van der Waals surface area contributed by atoms with Crippen molar-refractivity contribution in [3.05, 3.63) is 0 Å². The van der Waals surface area contributed by atoms with Crippen LogP contribution in [-0.4, -0.2) is 27.9 Å². The van der Waals surface area contributed by atoms with E-state index in [-0.39, 0.29) is 10.7 Å². The minimum Gasteiger partial charge on any atom is -0.271 e. The van der Waals surface area contributed by atoms with Crippen LogP contribution in [0, 0.1) is 0 Å². The highest BCUT2D eigenvalue weighted by molar-refractivity contribution is 9.10. The number of carbonyl (C=O) groups excluding carboxylic acids is 1. The first-order valence-corrected chi connectivity index (χ1v) is 5.15. The molecule has 0 aromatic heterocycles. The molecule has 0 fully saturated rings. The molecule has 0 saturated heterocycles. The minimum atomic E-state index is -0.321. The lowest BCUT2D eigenvalue weighted by Crippen LogP contribution is -2.25. The van der Waals surface area contributed by atoms with Gasteiger partial charge in [0.2, 0.25) is 0 Å². The molecular weight excluding hydrogens is 228 g/mol. The second-order valence-electron chi connectivity index (χ2n) is 2.05. The number of thioether (sulfide) groups is 1. The van der Waals surface area contributed by atoms with Crippen LogP contribution < -0.4 is 0 Å². The molecule has 0 radical (unpaired) electrons. The number of halogens is 1. The van der Waals surface area contributed by atoms with E-state index in [2.05, 4.69) is 25.9 Å². The molecule has 0 aromatic rings. The second-order valence-corrected chi connectivity index (χ2v) is 3.74. The Labute approximate surface area is 77.5 Å². The molecule has 0 spiro atoms. The smallest absolute Gasteiger partial charge is 0.267 e. The van der Waals surface area contributed by atoms with Crippen LogP contribution in [0.1, 0.15) is 6.92 Å². The number of hydrogen-bond acceptors (Lipinski definition) is 3. The average Bonchev–Trinajstić information content (AvgIpc) is 1.99. The fraction of sp³-hybridized carbons (Fsp3) is 0.500. The Bertz CT molecular complexity index is 249. The Hall–Kier alpha value is -0.160. The van der Waals surface area contributed by atoms with E-state index in [1.807, 2.05) is 13.2 Å². The maximum atomic E-state index is 11.0. The first-order valence-electron chi connectivity index (χ1n) is 3.01. The van der Waals surface area contributed by atoms with Gasteiger partial charge in [0.15, 0.2) is 5.17 Å². The van der Waals surface area contributed by atoms with Crippen LogP contribution in [0.2, 0.25) is 0 Å². The van der Waals surface area contributed by atoms with Gasteiger partial charge in [-0.05, 0) is 13.2 Å². The summed E-state index contributed by atoms with van der Waals surface area (Å²) in [5.74, 6) is -0.165. The largest absolute Gasteiger partial charge is 0.271 e. The van der Waals surface area contributed by atoms with Gasteiger partial charge in [0, 0.05) is 5.71 Å². The van der Waals surface area contributed by atoms with Crippen LogP contribution in [0.3, 0.4) is 0 Å². The van der Waals surface area contributed by atoms with Gasteiger partial charge < -0.3 is 0 Å². The third kappa shape index (κ3) is 1.90. The monoisotopic (exact) mass is 234 g/mol. The first-order chi connectivity index (χ1) is 5.15. The third-order valence-electron chi connectivity index (χ3n) is 1.24. The van der Waals surface area contributed by atoms with Crippen molar-refractivity contribution in [2.75, 3.05) is 6.26 Å². The maximum Gasteiger partial charge on any atom is 0.267 e. The number of hydrogen-bond donors (Lipinski definition) is 0. The van der Waals surface area contributed by atoms with Crippen LogP contribution in [0.25, 0.3) is 0 Å². The van der Waals surface area contributed by atoms with Gasteiger partial charge in [-0.3, -0.25) is 4.79 Å². The van der Waals surface area contributed by atoms with Crippen LogP contribution in [0.4, 0.5) is 0 Å². The van der Waals surface area contributed by atoms with E-state index in [9.17, 15) is 4.79 Å². The highest BCUT2D eigenvalue weighted by Gasteiger charge is 2.22. The predicted octanol–water partition coefficient (Wildman–Crippen LogP) is 1.47. The Morgan fingerprint density at radius 3 is 2.64 bits per heavy atom. The maximum absolute atomic E-state index is 11.0. The fourth-order valence-electron chi connectivity index (χ4n) is 0.653. The van der Waals surface area contributed by atoms with Gasteiger partial charge >= 0.3 is 0 Å². The molecule has 1 aliphatic rings. The molecule has 1 rings (SSSR count). The molecule has 1 heterocycles. The van der Waals surface area contributed by atoms with Gasteiger partial charge in [0.05, 0.1) is 0 Å². The molecule has 1 aliphatic heterocycles. The Morgan fingerprint density at radius 1 is 1.55 bits per heavy atom. The van der Waals surface area contributed by atoms with Gasteiger partial charge in [-0.2, -0.15) is 4.99 Å². The highest BCUT2D eigenvalue weighted by atomic mass is 79.9. The standard InChI is InChI=1S/C6H7BrN2OS/c1-3-4(7)5(10)9-6(8-3)11-2/h4H,1-2H3. The Balaban J connectivity index is 2.91. The van der Waals surface area contributed by atoms with Crippen molar-refractivity contribution in [2.45, 2.75) is 11.8 Å². The predicted molar refractivity (Wildman–Crippen MR) is 51.8 cm³/mol. The number of aliphatic imine (C=N–C) groups is 2. The summed E-state index contributed by atoms with van der Waals surface area (Å²) >= 11 is 4.56. The normalized spacial score (nSPS) is 24.6. The van der Waals surface area contributed by atoms with Crippen molar-refractivity contribution in [1.29, 1.82) is 0 Å². The first kappa shape index (κ1) is 8.93. The zero-order chi connectivity index (χ0) is 8.43. The molecule has 3 nitrogen and oxygen atoms in total. The summed E-state index contributed by atoms with van der Waals surface area (Å²) in [5.41, 5.74) is 0.773. The lowest BCUT2D eigenvalue weighted by atomic mass is 10.3. The second kappa shape index (κ2) is 3.49. The Morgan fingerprint density at radius 2 is 2.18 bits per heavy atom. The summed E-state index contributed by atoms with van der Waals surface area (Å²) < 4.78 is 0. The lowest BCUT2D eigenvalue weighted by Gasteiger charge is -2.10. The molecule has 11 heavy (non-hydrogen) atoms. The molecule has 1 amide bonds. The fourth-order valence-corrected chi connectivity index (χ4v) is 1.27. The van der Waals surface area contributed by atoms with Crippen molar-refractivity contribution in [3.63, 3.8) is 0 Å². The van der Waals surface area contributed by atoms with Crippen molar-refractivity contribution >= 4 is 44.5 Å². The van der Waals surface area contributed by atoms with Crippen molar-refractivity contribution < 1.29 is 4.79 Å². The summed E-state index contributed by atoms with van der Waals surface area (Å²) in [5, 5.41) is 0.545. The van der Waals surface area contributed by atoms with Crippen LogP contribution in [-0.2, 0) is 4.79 Å². The number of alkyl halides is 1. The quantitative estimate of drug-likeness (QED) is 0.596. The summed E-state index contributed by atoms with van der Waals surface area (Å²) in [7, 11) is 0. The zero-order valence-corrected chi connectivity index (χ0v) is 8.57. The molecule has 1 atom stereocenters. The molecule has 0 aliphatic carbocycles. The lowest BCUT2D eigenvalue weighted by molar-refractivity contribution is -0.116. The van der Waals surface area contributed by atoms with Crippen molar-refractivity contribution in [2.24, 2.45) is 9.98 Å². The number of nitrogens with zero attached hydrogens (tertiary/aromatic N) is 2. The van der Waals surface area contributed by atoms with E-state index in [1.54, 1.807) is 0 Å². The summed E-state index contributed by atoms with van der Waals surface area (Å²) in [4.78, 5) is 18.6. The van der Waals surface area contributed by atoms with Gasteiger partial charge in [-0.25, -0.2) is 4.99 Å². The number of carbonyl (C=O) groups is 1. The van der Waals surface area contributed by atoms with E-state index < -0.39 is 0 Å². The van der Waals surface area contributed by atoms with Crippen molar-refractivity contribution in [1.82, 2.24) is 0 Å². The number of amides is 1. The highest BCUT2D eigenvalue weighted by Crippen LogP contribution is 2.14. The molecule has 0 aromatic carbocycles. The minimum absolute atomic E-state index is 0.165. The van der Waals surface area contributed by atoms with Crippen LogP contribution in [0.15, 0.2) is 9.98 Å². The third-order valence-corrected chi connectivity index (χ3v) is 2.85. The molecule has 0 N–H and O–H groups in total. The van der Waals surface area contributed by atoms with Gasteiger partial charge in [-0.1, -0.05) is 27.7 Å². The van der Waals surface area contributed by atoms with E-state index in [1.165, 1.54) is 11.8 Å². The molecule has 60 valence electrons. The molecule has 0 bridgehead atoms. The van der Waals surface area contributed by atoms with Crippen LogP contribution in [0.5, 0.6) is 0 Å². The molecule has 0 saturated carbocycles. The summed E-state index contributed by atoms with van der Waals surface area (Å²) in [6, 6.07) is 0. The topological polar surface area (TPSA) is 41.8 Å². The molecule has 1 unspecified atom stereocenters. The summed E-state index contributed by atoms with van der Waals surface area (Å²) in [6.07, 6.45) is 1.84. The van der Waals surface area contributed by atoms with Gasteiger partial charge in [0.1, 0.15) is 4.83 Å². The average molecular weight is 235 g/mol. The van der Waals surface area contributed by atoms with E-state index in [4.69, 9.17) is 0 Å². The number of amidine groups is 1. The number of rotatable bonds is 0. The van der Waals surface area contributed by atoms with E-state index in [0.717, 1.165) is 5.71 Å². The van der Waals surface area contributed by atoms with E-state index in [0.29, 0.717) is 5.17 Å². The van der Waals surface area contributed by atoms with Gasteiger partial charge in [0.25, 0.3) is 5.91 Å². The zero-order valence-electron chi connectivity index (χ0n) is 6.17. The molecular formula is C6H7BrN2OS. The Kier molecular flexibility index (Phi) is 2.84. The van der Waals surface area contributed by atoms with Crippen LogP contribution >= 0.6 is 27.7 Å². The molecule has 5 heteroatoms. The van der Waals surface area contributed by atoms with E-state index >= 15 is 0 Å².